The van der Waals surface area contributed by atoms with Crippen LogP contribution in [0, 0.1) is 23.7 Å². The van der Waals surface area contributed by atoms with Crippen molar-refractivity contribution in [2.75, 3.05) is 0 Å². The molecule has 0 radical (unpaired) electrons. The lowest BCUT2D eigenvalue weighted by Gasteiger charge is -2.20. The third-order valence-corrected chi connectivity index (χ3v) is 3.81. The smallest absolute Gasteiger partial charge is 0.310 e. The fourth-order valence-electron chi connectivity index (χ4n) is 3.40. The minimum Gasteiger partial charge on any atom is -0.462 e. The fraction of sp³-hybridized carbons (Fsp3) is 0.778. The Hall–Kier alpha value is -1.06. The molecule has 1 saturated heterocycles. The largest absolute Gasteiger partial charge is 0.462 e. The zero-order chi connectivity index (χ0) is 9.16. The van der Waals surface area contributed by atoms with E-state index in [0.717, 1.165) is 12.8 Å². The minimum absolute atomic E-state index is 0.0955. The van der Waals surface area contributed by atoms with Gasteiger partial charge < -0.3 is 10.5 Å². The number of ether oxygens (including phenoxy) is 1. The van der Waals surface area contributed by atoms with Crippen molar-refractivity contribution in [1.82, 2.24) is 0 Å². The van der Waals surface area contributed by atoms with E-state index in [1.54, 1.807) is 0 Å². The summed E-state index contributed by atoms with van der Waals surface area (Å²) >= 11 is 0. The van der Waals surface area contributed by atoms with Crippen LogP contribution in [-0.2, 0) is 14.3 Å². The summed E-state index contributed by atoms with van der Waals surface area (Å²) in [4.78, 5) is 22.5. The SMILES string of the molecule is NC(=O)C1C2CC3OC(=O)C1C3C2. The molecule has 0 aromatic carbocycles. The molecule has 2 aliphatic carbocycles. The van der Waals surface area contributed by atoms with Crippen LogP contribution in [0.2, 0.25) is 0 Å². The average molecular weight is 181 g/mol. The van der Waals surface area contributed by atoms with Gasteiger partial charge >= 0.3 is 5.97 Å². The molecular weight excluding hydrogens is 170 g/mol. The molecule has 3 rings (SSSR count). The highest BCUT2D eigenvalue weighted by Crippen LogP contribution is 2.57. The topological polar surface area (TPSA) is 69.4 Å². The summed E-state index contributed by atoms with van der Waals surface area (Å²) in [5.41, 5.74) is 5.28. The maximum Gasteiger partial charge on any atom is 0.310 e. The third-order valence-electron chi connectivity index (χ3n) is 3.81. The molecule has 1 heterocycles. The fourth-order valence-corrected chi connectivity index (χ4v) is 3.40. The second-order valence-corrected chi connectivity index (χ2v) is 4.32. The zero-order valence-electron chi connectivity index (χ0n) is 7.10. The number of nitrogens with two attached hydrogens (primary N) is 1. The molecule has 2 bridgehead atoms. The minimum atomic E-state index is -0.324. The van der Waals surface area contributed by atoms with Gasteiger partial charge in [-0.2, -0.15) is 0 Å². The summed E-state index contributed by atoms with van der Waals surface area (Å²) in [5.74, 6) is -0.370. The van der Waals surface area contributed by atoms with Gasteiger partial charge in [-0.05, 0) is 18.8 Å². The standard InChI is InChI=1S/C9H11NO3/c10-8(11)6-3-1-4-5(2-3)13-9(12)7(4)6/h3-7H,1-2H2,(H2,10,11). The molecule has 3 aliphatic rings. The van der Waals surface area contributed by atoms with E-state index in [-0.39, 0.29) is 35.7 Å². The highest BCUT2D eigenvalue weighted by atomic mass is 16.6. The summed E-state index contributed by atoms with van der Waals surface area (Å²) in [7, 11) is 0. The number of hydrogen-bond donors (Lipinski definition) is 1. The van der Waals surface area contributed by atoms with Gasteiger partial charge in [-0.25, -0.2) is 0 Å². The molecule has 2 N–H and O–H groups in total. The van der Waals surface area contributed by atoms with E-state index in [1.165, 1.54) is 0 Å². The quantitative estimate of drug-likeness (QED) is 0.563. The molecular formula is C9H11NO3. The van der Waals surface area contributed by atoms with E-state index >= 15 is 0 Å². The van der Waals surface area contributed by atoms with Gasteiger partial charge in [0.15, 0.2) is 0 Å². The van der Waals surface area contributed by atoms with Crippen molar-refractivity contribution in [2.45, 2.75) is 18.9 Å². The number of amides is 1. The number of carbonyl (C=O) groups is 2. The van der Waals surface area contributed by atoms with Gasteiger partial charge in [-0.3, -0.25) is 9.59 Å². The first kappa shape index (κ1) is 7.35. The number of primary amides is 1. The molecule has 4 heteroatoms. The van der Waals surface area contributed by atoms with Crippen molar-refractivity contribution in [1.29, 1.82) is 0 Å². The number of carbonyl (C=O) groups excluding carboxylic acids is 2. The lowest BCUT2D eigenvalue weighted by atomic mass is 9.80. The van der Waals surface area contributed by atoms with Crippen LogP contribution in [0.4, 0.5) is 0 Å². The zero-order valence-corrected chi connectivity index (χ0v) is 7.10. The van der Waals surface area contributed by atoms with Crippen LogP contribution >= 0.6 is 0 Å². The van der Waals surface area contributed by atoms with Gasteiger partial charge in [0.2, 0.25) is 5.91 Å². The maximum absolute atomic E-state index is 11.4. The van der Waals surface area contributed by atoms with Gasteiger partial charge in [-0.1, -0.05) is 0 Å². The predicted molar refractivity (Wildman–Crippen MR) is 42.3 cm³/mol. The van der Waals surface area contributed by atoms with Crippen LogP contribution in [0.1, 0.15) is 12.8 Å². The first-order valence-corrected chi connectivity index (χ1v) is 4.68. The van der Waals surface area contributed by atoms with Gasteiger partial charge in [-0.15, -0.1) is 0 Å². The Kier molecular flexibility index (Phi) is 1.16. The molecule has 13 heavy (non-hydrogen) atoms. The molecule has 5 atom stereocenters. The average Bonchev–Trinajstić information content (AvgIpc) is 2.60. The Balaban J connectivity index is 2.01. The summed E-state index contributed by atoms with van der Waals surface area (Å²) < 4.78 is 5.17. The van der Waals surface area contributed by atoms with E-state index in [9.17, 15) is 9.59 Å². The third kappa shape index (κ3) is 0.716. The predicted octanol–water partition coefficient (Wildman–Crippen LogP) is -0.331. The molecule has 5 unspecified atom stereocenters. The molecule has 3 fully saturated rings. The lowest BCUT2D eigenvalue weighted by molar-refractivity contribution is -0.145. The van der Waals surface area contributed by atoms with Crippen LogP contribution < -0.4 is 5.73 Å². The monoisotopic (exact) mass is 181 g/mol. The van der Waals surface area contributed by atoms with Gasteiger partial charge in [0.1, 0.15) is 6.10 Å². The molecule has 0 aromatic rings. The summed E-state index contributed by atoms with van der Waals surface area (Å²) in [6.45, 7) is 0. The molecule has 0 aromatic heterocycles. The Morgan fingerprint density at radius 2 is 2.23 bits per heavy atom. The summed E-state index contributed by atoms with van der Waals surface area (Å²) in [6.07, 6.45) is 1.90. The first-order valence-electron chi connectivity index (χ1n) is 4.68. The Labute approximate surface area is 75.4 Å². The normalized spacial score (nSPS) is 51.1. The number of fused-ring (bicyclic) bond motifs is 1. The highest BCUT2D eigenvalue weighted by Gasteiger charge is 2.63. The number of esters is 1. The molecule has 2 saturated carbocycles. The van der Waals surface area contributed by atoms with Crippen LogP contribution in [0.5, 0.6) is 0 Å². The van der Waals surface area contributed by atoms with Crippen LogP contribution in [-0.4, -0.2) is 18.0 Å². The number of hydrogen-bond acceptors (Lipinski definition) is 3. The van der Waals surface area contributed by atoms with Gasteiger partial charge in [0.25, 0.3) is 0 Å². The molecule has 1 amide bonds. The van der Waals surface area contributed by atoms with Gasteiger partial charge in [0.05, 0.1) is 11.8 Å². The lowest BCUT2D eigenvalue weighted by Crippen LogP contribution is -2.36. The molecule has 1 aliphatic heterocycles. The maximum atomic E-state index is 11.4. The molecule has 70 valence electrons. The van der Waals surface area contributed by atoms with Crippen molar-refractivity contribution >= 4 is 11.9 Å². The highest BCUT2D eigenvalue weighted by molar-refractivity contribution is 5.87. The number of rotatable bonds is 1. The molecule has 0 spiro atoms. The van der Waals surface area contributed by atoms with Crippen LogP contribution in [0.25, 0.3) is 0 Å². The Bertz CT molecular complexity index is 299. The van der Waals surface area contributed by atoms with Crippen molar-refractivity contribution in [2.24, 2.45) is 29.4 Å². The van der Waals surface area contributed by atoms with Crippen molar-refractivity contribution in [3.8, 4) is 0 Å². The summed E-state index contributed by atoms with van der Waals surface area (Å²) in [5, 5.41) is 0. The van der Waals surface area contributed by atoms with E-state index < -0.39 is 0 Å². The first-order chi connectivity index (χ1) is 6.18. The summed E-state index contributed by atoms with van der Waals surface area (Å²) in [6, 6.07) is 0. The second kappa shape index (κ2) is 2.05. The molecule has 4 nitrogen and oxygen atoms in total. The van der Waals surface area contributed by atoms with E-state index in [4.69, 9.17) is 10.5 Å². The van der Waals surface area contributed by atoms with E-state index in [0.29, 0.717) is 5.92 Å². The van der Waals surface area contributed by atoms with Crippen LogP contribution in [0.3, 0.4) is 0 Å². The van der Waals surface area contributed by atoms with Crippen LogP contribution in [0.15, 0.2) is 0 Å². The van der Waals surface area contributed by atoms with Crippen molar-refractivity contribution in [3.63, 3.8) is 0 Å². The van der Waals surface area contributed by atoms with E-state index in [2.05, 4.69) is 0 Å². The van der Waals surface area contributed by atoms with Gasteiger partial charge in [0, 0.05) is 5.92 Å². The Morgan fingerprint density at radius 3 is 2.92 bits per heavy atom. The Morgan fingerprint density at radius 1 is 1.46 bits per heavy atom. The van der Waals surface area contributed by atoms with Crippen molar-refractivity contribution < 1.29 is 14.3 Å². The van der Waals surface area contributed by atoms with Crippen molar-refractivity contribution in [3.05, 3.63) is 0 Å². The second-order valence-electron chi connectivity index (χ2n) is 4.32. The van der Waals surface area contributed by atoms with E-state index in [1.807, 2.05) is 0 Å².